The van der Waals surface area contributed by atoms with Gasteiger partial charge in [-0.05, 0) is 47.0 Å². The number of amides is 1. The molecule has 0 bridgehead atoms. The summed E-state index contributed by atoms with van der Waals surface area (Å²) in [7, 11) is 0. The number of thiocarbonyl (C=S) groups is 1. The van der Waals surface area contributed by atoms with Crippen LogP contribution < -0.4 is 10.6 Å². The maximum absolute atomic E-state index is 12.2. The lowest BCUT2D eigenvalue weighted by Crippen LogP contribution is -2.34. The number of hydrogen-bond acceptors (Lipinski definition) is 5. The number of carbonyl (C=O) groups excluding carboxylic acids is 1. The summed E-state index contributed by atoms with van der Waals surface area (Å²) in [5, 5.41) is 17.4. The third kappa shape index (κ3) is 5.09. The van der Waals surface area contributed by atoms with Gasteiger partial charge in [0.25, 0.3) is 11.9 Å². The summed E-state index contributed by atoms with van der Waals surface area (Å²) in [5.74, 6) is 0.811. The van der Waals surface area contributed by atoms with E-state index in [4.69, 9.17) is 12.2 Å². The lowest BCUT2D eigenvalue weighted by Gasteiger charge is -2.08. The summed E-state index contributed by atoms with van der Waals surface area (Å²) >= 11 is 5.12. The first-order valence-corrected chi connectivity index (χ1v) is 8.26. The molecule has 1 heterocycles. The lowest BCUT2D eigenvalue weighted by atomic mass is 10.0. The highest BCUT2D eigenvalue weighted by Crippen LogP contribution is 2.14. The van der Waals surface area contributed by atoms with Gasteiger partial charge in [0.15, 0.2) is 5.11 Å². The van der Waals surface area contributed by atoms with Crippen LogP contribution in [0.15, 0.2) is 24.3 Å². The molecule has 0 aliphatic carbocycles. The first kappa shape index (κ1) is 18.0. The zero-order valence-corrected chi connectivity index (χ0v) is 15.1. The van der Waals surface area contributed by atoms with Crippen molar-refractivity contribution in [3.05, 3.63) is 35.4 Å². The first-order chi connectivity index (χ1) is 11.3. The lowest BCUT2D eigenvalue weighted by molar-refractivity contribution is 0.0977. The molecular weight excluding hydrogens is 324 g/mol. The van der Waals surface area contributed by atoms with E-state index in [0.29, 0.717) is 23.9 Å². The zero-order valence-electron chi connectivity index (χ0n) is 14.3. The Morgan fingerprint density at radius 1 is 1.21 bits per heavy atom. The zero-order chi connectivity index (χ0) is 17.7. The Bertz CT molecular complexity index is 708. The normalized spacial score (nSPS) is 10.9. The first-order valence-electron chi connectivity index (χ1n) is 7.85. The van der Waals surface area contributed by atoms with Crippen LogP contribution in [0.4, 0.5) is 5.95 Å². The van der Waals surface area contributed by atoms with Gasteiger partial charge in [-0.15, -0.1) is 5.10 Å². The van der Waals surface area contributed by atoms with Crippen molar-refractivity contribution in [2.75, 3.05) is 5.32 Å². The van der Waals surface area contributed by atoms with E-state index in [1.54, 1.807) is 12.1 Å². The van der Waals surface area contributed by atoms with Gasteiger partial charge in [-0.2, -0.15) is 4.80 Å². The van der Waals surface area contributed by atoms with Crippen LogP contribution in [0.25, 0.3) is 0 Å². The highest BCUT2D eigenvalue weighted by atomic mass is 32.1. The van der Waals surface area contributed by atoms with Gasteiger partial charge in [-0.25, -0.2) is 0 Å². The molecule has 2 rings (SSSR count). The van der Waals surface area contributed by atoms with E-state index >= 15 is 0 Å². The summed E-state index contributed by atoms with van der Waals surface area (Å²) < 4.78 is 0. The number of anilines is 1. The fourth-order valence-corrected chi connectivity index (χ4v) is 2.21. The molecule has 0 atom stereocenters. The Kier molecular flexibility index (Phi) is 5.97. The second-order valence-corrected chi connectivity index (χ2v) is 6.65. The fraction of sp³-hybridized carbons (Fsp3) is 0.438. The van der Waals surface area contributed by atoms with Crippen LogP contribution in [0.2, 0.25) is 0 Å². The van der Waals surface area contributed by atoms with E-state index < -0.39 is 0 Å². The van der Waals surface area contributed by atoms with Crippen LogP contribution in [0.5, 0.6) is 0 Å². The fourth-order valence-electron chi connectivity index (χ4n) is 2.02. The molecule has 0 aliphatic rings. The quantitative estimate of drug-likeness (QED) is 0.810. The Balaban J connectivity index is 1.91. The van der Waals surface area contributed by atoms with Gasteiger partial charge in [0.05, 0.1) is 6.54 Å². The second kappa shape index (κ2) is 7.96. The summed E-state index contributed by atoms with van der Waals surface area (Å²) in [6, 6.07) is 7.44. The van der Waals surface area contributed by atoms with Crippen molar-refractivity contribution in [1.82, 2.24) is 25.5 Å². The molecule has 0 radical (unpaired) electrons. The van der Waals surface area contributed by atoms with E-state index in [1.807, 2.05) is 12.1 Å². The summed E-state index contributed by atoms with van der Waals surface area (Å²) in [5.41, 5.74) is 1.72. The van der Waals surface area contributed by atoms with Gasteiger partial charge in [0.2, 0.25) is 0 Å². The molecule has 1 amide bonds. The maximum Gasteiger partial charge on any atom is 0.269 e. The van der Waals surface area contributed by atoms with E-state index in [0.717, 1.165) is 0 Å². The topological polar surface area (TPSA) is 84.7 Å². The predicted octanol–water partition coefficient (Wildman–Crippen LogP) is 2.58. The number of benzene rings is 1. The monoisotopic (exact) mass is 346 g/mol. The Hall–Kier alpha value is -2.35. The molecule has 8 heteroatoms. The van der Waals surface area contributed by atoms with Crippen LogP contribution in [0, 0.1) is 5.92 Å². The molecule has 24 heavy (non-hydrogen) atoms. The number of tetrazole rings is 1. The standard InChI is InChI=1S/C16H22N6OS/c1-10(2)9-22-20-15(19-21-22)18-16(24)17-14(23)13-7-5-12(6-8-13)11(3)4/h5-8,10-11H,9H2,1-4H3,(H2,17,18,20,23,24). The van der Waals surface area contributed by atoms with Crippen LogP contribution in [0.3, 0.4) is 0 Å². The number of carbonyl (C=O) groups is 1. The molecule has 1 aromatic heterocycles. The Morgan fingerprint density at radius 3 is 2.46 bits per heavy atom. The molecule has 2 aromatic rings. The van der Waals surface area contributed by atoms with Gasteiger partial charge >= 0.3 is 0 Å². The molecule has 0 saturated heterocycles. The number of aromatic nitrogens is 4. The molecule has 0 fully saturated rings. The smallest absolute Gasteiger partial charge is 0.269 e. The highest BCUT2D eigenvalue weighted by Gasteiger charge is 2.11. The van der Waals surface area contributed by atoms with E-state index in [-0.39, 0.29) is 17.0 Å². The van der Waals surface area contributed by atoms with E-state index in [9.17, 15) is 4.79 Å². The summed E-state index contributed by atoms with van der Waals surface area (Å²) in [6.07, 6.45) is 0. The summed E-state index contributed by atoms with van der Waals surface area (Å²) in [6.45, 7) is 8.99. The third-order valence-electron chi connectivity index (χ3n) is 3.27. The maximum atomic E-state index is 12.2. The van der Waals surface area contributed by atoms with Crippen molar-refractivity contribution < 1.29 is 4.79 Å². The molecule has 0 spiro atoms. The van der Waals surface area contributed by atoms with Crippen molar-refractivity contribution in [3.8, 4) is 0 Å². The van der Waals surface area contributed by atoms with E-state index in [1.165, 1.54) is 10.4 Å². The van der Waals surface area contributed by atoms with Crippen LogP contribution in [0.1, 0.15) is 49.5 Å². The highest BCUT2D eigenvalue weighted by molar-refractivity contribution is 7.80. The van der Waals surface area contributed by atoms with Crippen LogP contribution in [-0.2, 0) is 6.54 Å². The molecule has 0 aliphatic heterocycles. The number of hydrogen-bond donors (Lipinski definition) is 2. The minimum atomic E-state index is -0.280. The van der Waals surface area contributed by atoms with Gasteiger partial charge < -0.3 is 0 Å². The minimum Gasteiger partial charge on any atom is -0.299 e. The van der Waals surface area contributed by atoms with E-state index in [2.05, 4.69) is 53.7 Å². The second-order valence-electron chi connectivity index (χ2n) is 6.25. The molecule has 7 nitrogen and oxygen atoms in total. The van der Waals surface area contributed by atoms with Crippen molar-refractivity contribution in [2.24, 2.45) is 5.92 Å². The van der Waals surface area contributed by atoms with Crippen molar-refractivity contribution in [3.63, 3.8) is 0 Å². The van der Waals surface area contributed by atoms with Gasteiger partial charge in [0.1, 0.15) is 0 Å². The molecular formula is C16H22N6OS. The number of rotatable bonds is 5. The van der Waals surface area contributed by atoms with Crippen molar-refractivity contribution in [2.45, 2.75) is 40.2 Å². The van der Waals surface area contributed by atoms with Gasteiger partial charge in [-0.1, -0.05) is 44.9 Å². The molecule has 2 N–H and O–H groups in total. The molecule has 0 saturated carbocycles. The predicted molar refractivity (Wildman–Crippen MR) is 96.9 cm³/mol. The molecule has 128 valence electrons. The Morgan fingerprint density at radius 2 is 1.88 bits per heavy atom. The minimum absolute atomic E-state index is 0.136. The van der Waals surface area contributed by atoms with Crippen molar-refractivity contribution >= 4 is 29.2 Å². The molecule has 0 unspecified atom stereocenters. The van der Waals surface area contributed by atoms with Crippen LogP contribution >= 0.6 is 12.2 Å². The molecule has 1 aromatic carbocycles. The van der Waals surface area contributed by atoms with Crippen molar-refractivity contribution in [1.29, 1.82) is 0 Å². The summed E-state index contributed by atoms with van der Waals surface area (Å²) in [4.78, 5) is 13.7. The van der Waals surface area contributed by atoms with Crippen LogP contribution in [-0.4, -0.2) is 31.2 Å². The SMILES string of the molecule is CC(C)Cn1nnc(NC(=S)NC(=O)c2ccc(C(C)C)cc2)n1. The average molecular weight is 346 g/mol. The number of nitrogens with one attached hydrogen (secondary N) is 2. The van der Waals surface area contributed by atoms with Gasteiger partial charge in [-0.3, -0.25) is 15.4 Å². The average Bonchev–Trinajstić information content (AvgIpc) is 2.93. The van der Waals surface area contributed by atoms with Gasteiger partial charge in [0, 0.05) is 5.56 Å². The largest absolute Gasteiger partial charge is 0.299 e. The number of nitrogens with zero attached hydrogens (tertiary/aromatic N) is 4. The Labute approximate surface area is 146 Å². The third-order valence-corrected chi connectivity index (χ3v) is 3.48.